The Kier molecular flexibility index (Phi) is 4.35. The lowest BCUT2D eigenvalue weighted by Crippen LogP contribution is -2.19. The number of hydrogen-bond acceptors (Lipinski definition) is 2. The molecule has 0 amide bonds. The van der Waals surface area contributed by atoms with Crippen molar-refractivity contribution in [3.05, 3.63) is 29.3 Å². The van der Waals surface area contributed by atoms with Gasteiger partial charge in [0.15, 0.2) is 0 Å². The van der Waals surface area contributed by atoms with Gasteiger partial charge in [0.1, 0.15) is 12.4 Å². The largest absolute Gasteiger partial charge is 0.492 e. The van der Waals surface area contributed by atoms with Crippen LogP contribution in [0, 0.1) is 0 Å². The Bertz CT molecular complexity index is 486. The van der Waals surface area contributed by atoms with Crippen molar-refractivity contribution in [3.63, 3.8) is 0 Å². The number of fused-ring (bicyclic) bond motifs is 1. The summed E-state index contributed by atoms with van der Waals surface area (Å²) < 4.78 is 46.4. The van der Waals surface area contributed by atoms with Crippen LogP contribution in [0.25, 0.3) is 0 Å². The first-order valence-electron chi connectivity index (χ1n) is 6.25. The number of halogens is 4. The number of ether oxygens (including phenoxy) is 2. The summed E-state index contributed by atoms with van der Waals surface area (Å²) in [6, 6.07) is 5.67. The van der Waals surface area contributed by atoms with Gasteiger partial charge in [-0.3, -0.25) is 0 Å². The van der Waals surface area contributed by atoms with Crippen molar-refractivity contribution in [1.29, 1.82) is 0 Å². The van der Waals surface area contributed by atoms with Crippen molar-refractivity contribution in [2.75, 3.05) is 19.8 Å². The van der Waals surface area contributed by atoms with Gasteiger partial charge in [0.05, 0.1) is 18.0 Å². The molecule has 1 atom stereocenters. The van der Waals surface area contributed by atoms with Gasteiger partial charge in [-0.05, 0) is 11.6 Å². The van der Waals surface area contributed by atoms with Gasteiger partial charge in [0, 0.05) is 11.0 Å². The van der Waals surface area contributed by atoms with E-state index in [0.717, 1.165) is 16.9 Å². The molecule has 20 heavy (non-hydrogen) atoms. The first-order chi connectivity index (χ1) is 9.19. The summed E-state index contributed by atoms with van der Waals surface area (Å²) in [5.41, 5.74) is 1.89. The first kappa shape index (κ1) is 15.6. The van der Waals surface area contributed by atoms with Crippen LogP contribution in [0.4, 0.5) is 13.2 Å². The van der Waals surface area contributed by atoms with Gasteiger partial charge >= 0.3 is 6.18 Å². The lowest BCUT2D eigenvalue weighted by Gasteiger charge is -2.17. The highest BCUT2D eigenvalue weighted by molar-refractivity contribution is 9.09. The molecule has 2 rings (SSSR count). The molecule has 1 aliphatic heterocycles. The Morgan fingerprint density at radius 2 is 2.10 bits per heavy atom. The number of hydrogen-bond donors (Lipinski definition) is 0. The Morgan fingerprint density at radius 3 is 2.75 bits per heavy atom. The van der Waals surface area contributed by atoms with Crippen molar-refractivity contribution >= 4 is 15.9 Å². The molecule has 1 heterocycles. The predicted molar refractivity (Wildman–Crippen MR) is 73.5 cm³/mol. The fourth-order valence-electron chi connectivity index (χ4n) is 2.11. The van der Waals surface area contributed by atoms with Crippen molar-refractivity contribution < 1.29 is 22.6 Å². The van der Waals surface area contributed by atoms with E-state index in [1.54, 1.807) is 0 Å². The van der Waals surface area contributed by atoms with Gasteiger partial charge in [-0.2, -0.15) is 13.2 Å². The molecule has 0 spiro atoms. The van der Waals surface area contributed by atoms with Crippen LogP contribution in [0.1, 0.15) is 29.8 Å². The fraction of sp³-hybridized carbons (Fsp3) is 0.571. The molecule has 0 fully saturated rings. The lowest BCUT2D eigenvalue weighted by atomic mass is 9.86. The summed E-state index contributed by atoms with van der Waals surface area (Å²) in [6.45, 7) is 3.51. The first-order valence-corrected chi connectivity index (χ1v) is 7.16. The van der Waals surface area contributed by atoms with E-state index in [1.165, 1.54) is 0 Å². The summed E-state index contributed by atoms with van der Waals surface area (Å²) in [5, 5.41) is 0. The van der Waals surface area contributed by atoms with E-state index in [1.807, 2.05) is 18.2 Å². The molecule has 0 N–H and O–H groups in total. The van der Waals surface area contributed by atoms with Crippen molar-refractivity contribution in [2.45, 2.75) is 30.3 Å². The standard InChI is InChI=1S/C14H16BrF3O2/c1-13(2)7-20-12-4-3-9(5-10(12)13)11(15)6-19-8-14(16,17)18/h3-5,11H,6-8H2,1-2H3. The predicted octanol–water partition coefficient (Wildman–Crippen LogP) is 4.37. The number of alkyl halides is 4. The Hall–Kier alpha value is -0.750. The number of benzene rings is 1. The highest BCUT2D eigenvalue weighted by Gasteiger charge is 2.32. The zero-order valence-electron chi connectivity index (χ0n) is 11.3. The zero-order chi connectivity index (χ0) is 15.0. The molecule has 1 aromatic carbocycles. The second kappa shape index (κ2) is 5.56. The van der Waals surface area contributed by atoms with Crippen molar-refractivity contribution in [2.24, 2.45) is 0 Å². The van der Waals surface area contributed by atoms with Crippen LogP contribution in [-0.4, -0.2) is 26.0 Å². The molecule has 2 nitrogen and oxygen atoms in total. The van der Waals surface area contributed by atoms with Crippen LogP contribution < -0.4 is 4.74 Å². The topological polar surface area (TPSA) is 18.5 Å². The average molecular weight is 353 g/mol. The maximum atomic E-state index is 12.0. The van der Waals surface area contributed by atoms with Crippen LogP contribution in [0.15, 0.2) is 18.2 Å². The molecule has 0 aromatic heterocycles. The summed E-state index contributed by atoms with van der Waals surface area (Å²) in [6.07, 6.45) is -4.29. The molecule has 112 valence electrons. The molecular weight excluding hydrogens is 337 g/mol. The van der Waals surface area contributed by atoms with Crippen LogP contribution in [-0.2, 0) is 10.2 Å². The molecule has 1 aromatic rings. The third kappa shape index (κ3) is 3.67. The average Bonchev–Trinajstić information content (AvgIpc) is 2.63. The Balaban J connectivity index is 2.03. The molecular formula is C14H16BrF3O2. The highest BCUT2D eigenvalue weighted by atomic mass is 79.9. The summed E-state index contributed by atoms with van der Waals surface area (Å²) in [7, 11) is 0. The smallest absolute Gasteiger partial charge is 0.411 e. The van der Waals surface area contributed by atoms with E-state index in [0.29, 0.717) is 6.61 Å². The number of rotatable bonds is 4. The highest BCUT2D eigenvalue weighted by Crippen LogP contribution is 2.40. The monoisotopic (exact) mass is 352 g/mol. The lowest BCUT2D eigenvalue weighted by molar-refractivity contribution is -0.173. The fourth-order valence-corrected chi connectivity index (χ4v) is 2.58. The summed E-state index contributed by atoms with van der Waals surface area (Å²) >= 11 is 3.37. The van der Waals surface area contributed by atoms with Crippen LogP contribution >= 0.6 is 15.9 Å². The second-order valence-corrected chi connectivity index (χ2v) is 6.63. The van der Waals surface area contributed by atoms with E-state index in [9.17, 15) is 13.2 Å². The zero-order valence-corrected chi connectivity index (χ0v) is 12.8. The quantitative estimate of drug-likeness (QED) is 0.749. The van der Waals surface area contributed by atoms with Gasteiger partial charge < -0.3 is 9.47 Å². The molecule has 0 bridgehead atoms. The van der Waals surface area contributed by atoms with E-state index in [2.05, 4.69) is 34.5 Å². The van der Waals surface area contributed by atoms with E-state index >= 15 is 0 Å². The third-order valence-corrected chi connectivity index (χ3v) is 4.01. The minimum absolute atomic E-state index is 0.0282. The van der Waals surface area contributed by atoms with E-state index < -0.39 is 12.8 Å². The van der Waals surface area contributed by atoms with Crippen LogP contribution in [0.3, 0.4) is 0 Å². The van der Waals surface area contributed by atoms with E-state index in [-0.39, 0.29) is 16.8 Å². The van der Waals surface area contributed by atoms with Gasteiger partial charge in [-0.1, -0.05) is 41.9 Å². The SMILES string of the molecule is CC1(C)COc2ccc(C(Br)COCC(F)(F)F)cc21. The van der Waals surface area contributed by atoms with E-state index in [4.69, 9.17) is 4.74 Å². The maximum absolute atomic E-state index is 12.0. The minimum atomic E-state index is -4.29. The Morgan fingerprint density at radius 1 is 1.40 bits per heavy atom. The van der Waals surface area contributed by atoms with Gasteiger partial charge in [-0.25, -0.2) is 0 Å². The minimum Gasteiger partial charge on any atom is -0.492 e. The van der Waals surface area contributed by atoms with Crippen molar-refractivity contribution in [1.82, 2.24) is 0 Å². The van der Waals surface area contributed by atoms with Crippen LogP contribution in [0.2, 0.25) is 0 Å². The molecule has 0 radical (unpaired) electrons. The maximum Gasteiger partial charge on any atom is 0.411 e. The molecule has 0 saturated heterocycles. The molecule has 1 unspecified atom stereocenters. The normalized spacial score (nSPS) is 18.5. The third-order valence-electron chi connectivity index (χ3n) is 3.21. The Labute approximate surface area is 124 Å². The summed E-state index contributed by atoms with van der Waals surface area (Å²) in [4.78, 5) is -0.272. The van der Waals surface area contributed by atoms with Crippen LogP contribution in [0.5, 0.6) is 5.75 Å². The van der Waals surface area contributed by atoms with Gasteiger partial charge in [0.25, 0.3) is 0 Å². The summed E-state index contributed by atoms with van der Waals surface area (Å²) in [5.74, 6) is 0.842. The molecule has 6 heteroatoms. The van der Waals surface area contributed by atoms with Crippen molar-refractivity contribution in [3.8, 4) is 5.75 Å². The second-order valence-electron chi connectivity index (χ2n) is 5.53. The molecule has 0 aliphatic carbocycles. The molecule has 0 saturated carbocycles. The van der Waals surface area contributed by atoms with Gasteiger partial charge in [0.2, 0.25) is 0 Å². The van der Waals surface area contributed by atoms with Gasteiger partial charge in [-0.15, -0.1) is 0 Å². The molecule has 1 aliphatic rings.